The average Bonchev–Trinajstić information content (AvgIpc) is 2.63. The Bertz CT molecular complexity index is 605. The molecule has 128 valence electrons. The highest BCUT2D eigenvalue weighted by Gasteiger charge is 2.35. The Morgan fingerprint density at radius 2 is 1.54 bits per heavy atom. The SMILES string of the molecule is OC[C@@H]1CN(Cc2ccccc2)C[C@@H](OCc2ccccc2)[C@@H]1O. The van der Waals surface area contributed by atoms with Gasteiger partial charge in [-0.3, -0.25) is 4.90 Å². The first-order valence-electron chi connectivity index (χ1n) is 8.47. The van der Waals surface area contributed by atoms with Crippen molar-refractivity contribution in [3.8, 4) is 0 Å². The fourth-order valence-electron chi connectivity index (χ4n) is 3.25. The highest BCUT2D eigenvalue weighted by atomic mass is 16.5. The van der Waals surface area contributed by atoms with E-state index in [0.29, 0.717) is 19.7 Å². The van der Waals surface area contributed by atoms with Gasteiger partial charge in [-0.15, -0.1) is 0 Å². The summed E-state index contributed by atoms with van der Waals surface area (Å²) >= 11 is 0. The van der Waals surface area contributed by atoms with Gasteiger partial charge in [0.2, 0.25) is 0 Å². The number of piperidine rings is 1. The summed E-state index contributed by atoms with van der Waals surface area (Å²) in [4.78, 5) is 2.25. The van der Waals surface area contributed by atoms with Gasteiger partial charge in [-0.25, -0.2) is 0 Å². The second kappa shape index (κ2) is 8.40. The van der Waals surface area contributed by atoms with Crippen LogP contribution < -0.4 is 0 Å². The molecule has 1 aliphatic heterocycles. The zero-order chi connectivity index (χ0) is 16.8. The van der Waals surface area contributed by atoms with Crippen molar-refractivity contribution >= 4 is 0 Å². The van der Waals surface area contributed by atoms with Crippen LogP contribution in [-0.2, 0) is 17.9 Å². The minimum atomic E-state index is -0.634. The Balaban J connectivity index is 1.63. The summed E-state index contributed by atoms with van der Waals surface area (Å²) in [6.45, 7) is 2.59. The van der Waals surface area contributed by atoms with Crippen molar-refractivity contribution in [3.63, 3.8) is 0 Å². The van der Waals surface area contributed by atoms with Crippen LogP contribution in [0.1, 0.15) is 11.1 Å². The number of aliphatic hydroxyl groups excluding tert-OH is 2. The molecule has 0 radical (unpaired) electrons. The van der Waals surface area contributed by atoms with E-state index in [0.717, 1.165) is 12.1 Å². The highest BCUT2D eigenvalue weighted by molar-refractivity contribution is 5.15. The Kier molecular flexibility index (Phi) is 5.99. The van der Waals surface area contributed by atoms with Crippen LogP contribution >= 0.6 is 0 Å². The quantitative estimate of drug-likeness (QED) is 0.853. The number of aliphatic hydroxyl groups is 2. The Hall–Kier alpha value is -1.72. The molecular formula is C20H25NO3. The van der Waals surface area contributed by atoms with Crippen molar-refractivity contribution < 1.29 is 14.9 Å². The van der Waals surface area contributed by atoms with Crippen molar-refractivity contribution in [2.45, 2.75) is 25.4 Å². The van der Waals surface area contributed by atoms with Gasteiger partial charge < -0.3 is 14.9 Å². The Morgan fingerprint density at radius 1 is 0.917 bits per heavy atom. The van der Waals surface area contributed by atoms with E-state index in [2.05, 4.69) is 17.0 Å². The molecule has 4 nitrogen and oxygen atoms in total. The molecule has 24 heavy (non-hydrogen) atoms. The molecule has 2 aromatic rings. The molecule has 0 unspecified atom stereocenters. The van der Waals surface area contributed by atoms with E-state index < -0.39 is 6.10 Å². The average molecular weight is 327 g/mol. The molecule has 3 atom stereocenters. The standard InChI is InChI=1S/C20H25NO3/c22-14-18-12-21(11-16-7-3-1-4-8-16)13-19(20(18)23)24-15-17-9-5-2-6-10-17/h1-10,18-20,22-23H,11-15H2/t18-,19+,20+/m0/s1. The minimum absolute atomic E-state index is 0.0301. The van der Waals surface area contributed by atoms with Gasteiger partial charge in [0, 0.05) is 32.2 Å². The molecule has 1 fully saturated rings. The molecule has 0 saturated carbocycles. The van der Waals surface area contributed by atoms with Crippen molar-refractivity contribution in [2.24, 2.45) is 5.92 Å². The fraction of sp³-hybridized carbons (Fsp3) is 0.400. The third-order valence-corrected chi connectivity index (χ3v) is 4.59. The number of benzene rings is 2. The third kappa shape index (κ3) is 4.42. The molecule has 0 aromatic heterocycles. The lowest BCUT2D eigenvalue weighted by molar-refractivity contribution is -0.122. The number of likely N-dealkylation sites (tertiary alicyclic amines) is 1. The highest BCUT2D eigenvalue weighted by Crippen LogP contribution is 2.22. The predicted molar refractivity (Wildman–Crippen MR) is 93.3 cm³/mol. The van der Waals surface area contributed by atoms with Gasteiger partial charge in [0.05, 0.1) is 18.8 Å². The van der Waals surface area contributed by atoms with Crippen LogP contribution in [0.2, 0.25) is 0 Å². The predicted octanol–water partition coefficient (Wildman–Crippen LogP) is 2.06. The van der Waals surface area contributed by atoms with E-state index in [4.69, 9.17) is 4.74 Å². The summed E-state index contributed by atoms with van der Waals surface area (Å²) in [5.41, 5.74) is 2.32. The largest absolute Gasteiger partial charge is 0.396 e. The third-order valence-electron chi connectivity index (χ3n) is 4.59. The van der Waals surface area contributed by atoms with Crippen molar-refractivity contribution in [1.29, 1.82) is 0 Å². The summed E-state index contributed by atoms with van der Waals surface area (Å²) < 4.78 is 5.98. The van der Waals surface area contributed by atoms with Crippen molar-refractivity contribution in [1.82, 2.24) is 4.90 Å². The first kappa shape index (κ1) is 17.1. The van der Waals surface area contributed by atoms with Gasteiger partial charge in [-0.2, -0.15) is 0 Å². The number of ether oxygens (including phenoxy) is 1. The lowest BCUT2D eigenvalue weighted by Crippen LogP contribution is -2.54. The van der Waals surface area contributed by atoms with Gasteiger partial charge in [0.25, 0.3) is 0 Å². The molecule has 0 spiro atoms. The Labute approximate surface area is 143 Å². The summed E-state index contributed by atoms with van der Waals surface area (Å²) in [7, 11) is 0. The van der Waals surface area contributed by atoms with Crippen LogP contribution in [0.5, 0.6) is 0 Å². The summed E-state index contributed by atoms with van der Waals surface area (Å²) in [5.74, 6) is -0.178. The van der Waals surface area contributed by atoms with E-state index in [1.54, 1.807) is 0 Å². The van der Waals surface area contributed by atoms with E-state index in [1.165, 1.54) is 5.56 Å². The van der Waals surface area contributed by atoms with Gasteiger partial charge in [0.15, 0.2) is 0 Å². The first-order chi connectivity index (χ1) is 11.8. The van der Waals surface area contributed by atoms with Crippen LogP contribution in [0, 0.1) is 5.92 Å². The fourth-order valence-corrected chi connectivity index (χ4v) is 3.25. The molecule has 0 amide bonds. The van der Waals surface area contributed by atoms with Crippen molar-refractivity contribution in [3.05, 3.63) is 71.8 Å². The van der Waals surface area contributed by atoms with Gasteiger partial charge in [-0.05, 0) is 11.1 Å². The molecule has 1 saturated heterocycles. The number of rotatable bonds is 6. The van der Waals surface area contributed by atoms with E-state index >= 15 is 0 Å². The van der Waals surface area contributed by atoms with Crippen LogP contribution in [0.25, 0.3) is 0 Å². The zero-order valence-corrected chi connectivity index (χ0v) is 13.8. The summed E-state index contributed by atoms with van der Waals surface area (Å²) in [6.07, 6.45) is -0.925. The maximum atomic E-state index is 10.5. The van der Waals surface area contributed by atoms with Gasteiger partial charge in [-0.1, -0.05) is 60.7 Å². The molecule has 1 aliphatic rings. The molecule has 2 N–H and O–H groups in total. The Morgan fingerprint density at radius 3 is 2.17 bits per heavy atom. The number of hydrogen-bond donors (Lipinski definition) is 2. The minimum Gasteiger partial charge on any atom is -0.396 e. The van der Waals surface area contributed by atoms with Crippen LogP contribution in [0.3, 0.4) is 0 Å². The first-order valence-corrected chi connectivity index (χ1v) is 8.47. The van der Waals surface area contributed by atoms with Crippen LogP contribution in [-0.4, -0.2) is 47.0 Å². The van der Waals surface area contributed by atoms with E-state index in [-0.39, 0.29) is 18.6 Å². The maximum Gasteiger partial charge on any atom is 0.0969 e. The normalized spacial score (nSPS) is 24.8. The van der Waals surface area contributed by atoms with Gasteiger partial charge >= 0.3 is 0 Å². The molecule has 2 aromatic carbocycles. The van der Waals surface area contributed by atoms with Crippen LogP contribution in [0.15, 0.2) is 60.7 Å². The topological polar surface area (TPSA) is 52.9 Å². The lowest BCUT2D eigenvalue weighted by Gasteiger charge is -2.40. The van der Waals surface area contributed by atoms with E-state index in [1.807, 2.05) is 48.5 Å². The molecule has 0 aliphatic carbocycles. The number of nitrogens with zero attached hydrogens (tertiary/aromatic N) is 1. The van der Waals surface area contributed by atoms with Crippen LogP contribution in [0.4, 0.5) is 0 Å². The number of hydrogen-bond acceptors (Lipinski definition) is 4. The maximum absolute atomic E-state index is 10.5. The molecule has 0 bridgehead atoms. The zero-order valence-electron chi connectivity index (χ0n) is 13.8. The summed E-state index contributed by atoms with van der Waals surface area (Å²) in [6, 6.07) is 20.2. The van der Waals surface area contributed by atoms with Crippen molar-refractivity contribution in [2.75, 3.05) is 19.7 Å². The smallest absolute Gasteiger partial charge is 0.0969 e. The molecule has 3 rings (SSSR count). The molecule has 1 heterocycles. The monoisotopic (exact) mass is 327 g/mol. The second-order valence-electron chi connectivity index (χ2n) is 6.45. The lowest BCUT2D eigenvalue weighted by atomic mass is 9.92. The second-order valence-corrected chi connectivity index (χ2v) is 6.45. The van der Waals surface area contributed by atoms with Gasteiger partial charge in [0.1, 0.15) is 0 Å². The summed E-state index contributed by atoms with van der Waals surface area (Å²) in [5, 5.41) is 20.1. The van der Waals surface area contributed by atoms with E-state index in [9.17, 15) is 10.2 Å². The molecular weight excluding hydrogens is 302 g/mol. The molecule has 4 heteroatoms.